The number of nitrogens with one attached hydrogen (secondary N) is 1. The summed E-state index contributed by atoms with van der Waals surface area (Å²) in [7, 11) is 0. The average Bonchev–Trinajstić information content (AvgIpc) is 2.62. The second kappa shape index (κ2) is 6.53. The highest BCUT2D eigenvalue weighted by Crippen LogP contribution is 2.27. The maximum atomic E-state index is 10.7. The molecule has 0 radical (unpaired) electrons. The molecule has 0 saturated heterocycles. The summed E-state index contributed by atoms with van der Waals surface area (Å²) in [6.45, 7) is 5.04. The van der Waals surface area contributed by atoms with Gasteiger partial charge in [0.2, 0.25) is 0 Å². The molecule has 0 spiro atoms. The van der Waals surface area contributed by atoms with Crippen molar-refractivity contribution in [2.45, 2.75) is 64.0 Å². The van der Waals surface area contributed by atoms with Crippen molar-refractivity contribution in [3.8, 4) is 0 Å². The normalized spacial score (nSPS) is 20.8. The van der Waals surface area contributed by atoms with Gasteiger partial charge in [0.1, 0.15) is 0 Å². The minimum atomic E-state index is -0.493. The first-order chi connectivity index (χ1) is 9.11. The van der Waals surface area contributed by atoms with Gasteiger partial charge >= 0.3 is 0 Å². The zero-order valence-corrected chi connectivity index (χ0v) is 12.3. The van der Waals surface area contributed by atoms with Crippen LogP contribution in [-0.4, -0.2) is 17.3 Å². The third-order valence-corrected chi connectivity index (χ3v) is 4.43. The van der Waals surface area contributed by atoms with E-state index in [4.69, 9.17) is 0 Å². The molecule has 106 valence electrons. The van der Waals surface area contributed by atoms with Crippen molar-refractivity contribution in [3.63, 3.8) is 0 Å². The van der Waals surface area contributed by atoms with E-state index < -0.39 is 5.60 Å². The molecular formula is C17H27NO. The lowest BCUT2D eigenvalue weighted by Gasteiger charge is -2.29. The maximum Gasteiger partial charge on any atom is 0.0771 e. The predicted molar refractivity (Wildman–Crippen MR) is 80.2 cm³/mol. The number of rotatable bonds is 4. The number of hydrogen-bond acceptors (Lipinski definition) is 2. The largest absolute Gasteiger partial charge is 0.389 e. The quantitative estimate of drug-likeness (QED) is 0.809. The summed E-state index contributed by atoms with van der Waals surface area (Å²) < 4.78 is 0. The Labute approximate surface area is 117 Å². The van der Waals surface area contributed by atoms with Gasteiger partial charge in [-0.2, -0.15) is 0 Å². The van der Waals surface area contributed by atoms with Gasteiger partial charge < -0.3 is 10.4 Å². The van der Waals surface area contributed by atoms with Crippen molar-refractivity contribution >= 4 is 0 Å². The van der Waals surface area contributed by atoms with Gasteiger partial charge in [-0.1, -0.05) is 49.9 Å². The van der Waals surface area contributed by atoms with E-state index in [0.717, 1.165) is 25.7 Å². The molecule has 1 aromatic rings. The van der Waals surface area contributed by atoms with Crippen molar-refractivity contribution < 1.29 is 5.11 Å². The molecular weight excluding hydrogens is 234 g/mol. The van der Waals surface area contributed by atoms with Gasteiger partial charge in [0, 0.05) is 12.6 Å². The number of aliphatic hydroxyl groups is 1. The molecule has 0 bridgehead atoms. The standard InChI is InChI=1S/C17H27NO/c1-14-9-5-6-10-16(14)15(2)18-13-17(19)11-7-3-4-8-12-17/h5-6,9-10,15,18-19H,3-4,7-8,11-13H2,1-2H3. The Morgan fingerprint density at radius 3 is 2.42 bits per heavy atom. The molecule has 0 aromatic heterocycles. The zero-order chi connectivity index (χ0) is 13.7. The summed E-state index contributed by atoms with van der Waals surface area (Å²) in [6, 6.07) is 8.77. The van der Waals surface area contributed by atoms with Crippen molar-refractivity contribution in [1.29, 1.82) is 0 Å². The SMILES string of the molecule is Cc1ccccc1C(C)NCC1(O)CCCCCC1. The average molecular weight is 261 g/mol. The van der Waals surface area contributed by atoms with Crippen LogP contribution in [0.2, 0.25) is 0 Å². The number of aryl methyl sites for hydroxylation is 1. The van der Waals surface area contributed by atoms with E-state index in [9.17, 15) is 5.11 Å². The fourth-order valence-corrected chi connectivity index (χ4v) is 3.09. The van der Waals surface area contributed by atoms with Gasteiger partial charge in [0.05, 0.1) is 5.60 Å². The molecule has 19 heavy (non-hydrogen) atoms. The molecule has 0 heterocycles. The highest BCUT2D eigenvalue weighted by Gasteiger charge is 2.28. The van der Waals surface area contributed by atoms with E-state index >= 15 is 0 Å². The van der Waals surface area contributed by atoms with E-state index in [1.807, 2.05) is 0 Å². The van der Waals surface area contributed by atoms with Crippen LogP contribution in [-0.2, 0) is 0 Å². The molecule has 2 N–H and O–H groups in total. The van der Waals surface area contributed by atoms with Crippen LogP contribution in [0.15, 0.2) is 24.3 Å². The Morgan fingerprint density at radius 2 is 1.79 bits per heavy atom. The van der Waals surface area contributed by atoms with Crippen LogP contribution in [0.3, 0.4) is 0 Å². The molecule has 1 fully saturated rings. The smallest absolute Gasteiger partial charge is 0.0771 e. The lowest BCUT2D eigenvalue weighted by molar-refractivity contribution is 0.0231. The van der Waals surface area contributed by atoms with Crippen LogP contribution in [0.4, 0.5) is 0 Å². The van der Waals surface area contributed by atoms with Crippen molar-refractivity contribution in [2.75, 3.05) is 6.54 Å². The van der Waals surface area contributed by atoms with E-state index in [0.29, 0.717) is 12.6 Å². The third kappa shape index (κ3) is 4.05. The minimum Gasteiger partial charge on any atom is -0.389 e. The third-order valence-electron chi connectivity index (χ3n) is 4.43. The lowest BCUT2D eigenvalue weighted by atomic mass is 9.93. The van der Waals surface area contributed by atoms with Crippen LogP contribution in [0.5, 0.6) is 0 Å². The number of hydrogen-bond donors (Lipinski definition) is 2. The van der Waals surface area contributed by atoms with Gasteiger partial charge in [-0.3, -0.25) is 0 Å². The summed E-state index contributed by atoms with van der Waals surface area (Å²) in [6.07, 6.45) is 6.76. The molecule has 1 aromatic carbocycles. The second-order valence-electron chi connectivity index (χ2n) is 6.10. The van der Waals surface area contributed by atoms with Gasteiger partial charge in [-0.15, -0.1) is 0 Å². The Kier molecular flexibility index (Phi) is 5.00. The summed E-state index contributed by atoms with van der Waals surface area (Å²) in [5, 5.41) is 14.2. The summed E-state index contributed by atoms with van der Waals surface area (Å²) in [5.74, 6) is 0. The molecule has 1 aliphatic carbocycles. The monoisotopic (exact) mass is 261 g/mol. The molecule has 2 rings (SSSR count). The van der Waals surface area contributed by atoms with Crippen LogP contribution in [0, 0.1) is 6.92 Å². The Bertz CT molecular complexity index is 394. The van der Waals surface area contributed by atoms with Crippen LogP contribution >= 0.6 is 0 Å². The lowest BCUT2D eigenvalue weighted by Crippen LogP contribution is -2.41. The highest BCUT2D eigenvalue weighted by atomic mass is 16.3. The van der Waals surface area contributed by atoms with Gasteiger partial charge in [-0.05, 0) is 37.8 Å². The first-order valence-corrected chi connectivity index (χ1v) is 7.62. The Balaban J connectivity index is 1.92. The number of benzene rings is 1. The van der Waals surface area contributed by atoms with Crippen molar-refractivity contribution in [1.82, 2.24) is 5.32 Å². The van der Waals surface area contributed by atoms with Gasteiger partial charge in [0.25, 0.3) is 0 Å². The maximum absolute atomic E-state index is 10.7. The summed E-state index contributed by atoms with van der Waals surface area (Å²) >= 11 is 0. The molecule has 1 aliphatic rings. The second-order valence-corrected chi connectivity index (χ2v) is 6.10. The van der Waals surface area contributed by atoms with Crippen molar-refractivity contribution in [2.24, 2.45) is 0 Å². The van der Waals surface area contributed by atoms with Crippen LogP contribution in [0.1, 0.15) is 62.6 Å². The highest BCUT2D eigenvalue weighted by molar-refractivity contribution is 5.28. The first kappa shape index (κ1) is 14.5. The molecule has 0 amide bonds. The topological polar surface area (TPSA) is 32.3 Å². The Morgan fingerprint density at radius 1 is 1.16 bits per heavy atom. The predicted octanol–water partition coefficient (Wildman–Crippen LogP) is 3.73. The van der Waals surface area contributed by atoms with Gasteiger partial charge in [0.15, 0.2) is 0 Å². The van der Waals surface area contributed by atoms with Crippen LogP contribution in [0.25, 0.3) is 0 Å². The van der Waals surface area contributed by atoms with E-state index in [1.165, 1.54) is 24.0 Å². The fraction of sp³-hybridized carbons (Fsp3) is 0.647. The van der Waals surface area contributed by atoms with E-state index in [1.54, 1.807) is 0 Å². The van der Waals surface area contributed by atoms with E-state index in [-0.39, 0.29) is 0 Å². The first-order valence-electron chi connectivity index (χ1n) is 7.62. The summed E-state index contributed by atoms with van der Waals surface area (Å²) in [5.41, 5.74) is 2.16. The minimum absolute atomic E-state index is 0.300. The Hall–Kier alpha value is -0.860. The van der Waals surface area contributed by atoms with E-state index in [2.05, 4.69) is 43.4 Å². The van der Waals surface area contributed by atoms with Crippen LogP contribution < -0.4 is 5.32 Å². The molecule has 0 aliphatic heterocycles. The molecule has 1 atom stereocenters. The fourth-order valence-electron chi connectivity index (χ4n) is 3.09. The molecule has 1 saturated carbocycles. The van der Waals surface area contributed by atoms with Gasteiger partial charge in [-0.25, -0.2) is 0 Å². The van der Waals surface area contributed by atoms with Crippen molar-refractivity contribution in [3.05, 3.63) is 35.4 Å². The summed E-state index contributed by atoms with van der Waals surface area (Å²) in [4.78, 5) is 0. The molecule has 1 unspecified atom stereocenters. The molecule has 2 nitrogen and oxygen atoms in total. The molecule has 2 heteroatoms. The zero-order valence-electron chi connectivity index (χ0n) is 12.3.